The average Bonchev–Trinajstić information content (AvgIpc) is 1.54. The van der Waals surface area contributed by atoms with Crippen LogP contribution in [0.5, 0.6) is 23.0 Å². The van der Waals surface area contributed by atoms with Crippen LogP contribution in [0.2, 0.25) is 0 Å². The van der Waals surface area contributed by atoms with Gasteiger partial charge in [0.1, 0.15) is 45.8 Å². The molecule has 0 spiro atoms. The van der Waals surface area contributed by atoms with Crippen molar-refractivity contribution < 1.29 is 22.7 Å². The first kappa shape index (κ1) is 73.0. The zero-order valence-corrected chi connectivity index (χ0v) is 65.9. The third-order valence-corrected chi connectivity index (χ3v) is 24.2. The minimum absolute atomic E-state index is 0.317. The number of nitrogens with zero attached hydrogens (tertiary/aromatic N) is 2. The molecule has 121 heavy (non-hydrogen) atoms. The first-order valence-corrected chi connectivity index (χ1v) is 40.7. The fourth-order valence-electron chi connectivity index (χ4n) is 18.5. The molecule has 0 bridgehead atoms. The van der Waals surface area contributed by atoms with Crippen LogP contribution in [-0.4, -0.2) is 0 Å². The molecule has 0 saturated heterocycles. The van der Waals surface area contributed by atoms with Crippen molar-refractivity contribution >= 4 is 68.2 Å². The Labute approximate surface area is 701 Å². The van der Waals surface area contributed by atoms with Crippen molar-refractivity contribution in [2.75, 3.05) is 9.80 Å². The standard InChI is InChI=1S/C114H76F2N2O3/c1-3-75-29-57-97(58-30-75)119-99-61-41-87(42-62-99)113(85-37-45-89(115)46-38-85)107-27-13-11-25-101(107)103-65-53-93(71-109(103)113)117(91-49-33-79(34-50-91)83-23-15-21-81(69-83)77-17-7-5-8-18-77)95-55-67-105-106-68-56-96(74-112(106)121-111(105)73-95)118(92-51-35-80(36-52-92)84-24-16-22-82(70-84)78-19-9-6-10-20-78)94-54-66-104-102-26-12-14-28-108(102)114(110(104)72-94,86-39-47-90(116)48-40-86)88-43-63-100(64-44-88)120-98-59-31-76(4-2)32-60-98/h3-74H,1-2H2. The van der Waals surface area contributed by atoms with E-state index in [-0.39, 0.29) is 11.6 Å². The number of rotatable bonds is 20. The normalized spacial score (nSPS) is 14.2. The van der Waals surface area contributed by atoms with Gasteiger partial charge >= 0.3 is 0 Å². The van der Waals surface area contributed by atoms with Crippen LogP contribution in [0.1, 0.15) is 55.6 Å². The third-order valence-electron chi connectivity index (χ3n) is 24.2. The third kappa shape index (κ3) is 13.0. The predicted octanol–water partition coefficient (Wildman–Crippen LogP) is 31.1. The summed E-state index contributed by atoms with van der Waals surface area (Å²) >= 11 is 0. The SMILES string of the molecule is C=Cc1ccc(Oc2ccc(C3(c4ccc(F)cc4)c4ccccc4-c4ccc(N(c5ccc(-c6cccc(-c7ccccc7)c6)cc5)c5ccc6c(c5)oc5cc(N(c7ccc(-c8cccc(-c9ccccc9)c8)cc7)c7ccc8c(c7)C(c7ccc(F)cc7)(c7ccc(Oc9ccc(C=C)cc9)cc7)c7ccccc7-8)ccc56)cc43)cc2)cc1. The molecule has 2 aliphatic carbocycles. The number of hydrogen-bond acceptors (Lipinski definition) is 5. The summed E-state index contributed by atoms with van der Waals surface area (Å²) in [4.78, 5) is 4.64. The Bertz CT molecular complexity index is 6720. The predicted molar refractivity (Wildman–Crippen MR) is 493 cm³/mol. The number of anilines is 6. The first-order chi connectivity index (χ1) is 59.6. The zero-order chi connectivity index (χ0) is 81.1. The summed E-state index contributed by atoms with van der Waals surface area (Å²) in [5.74, 6) is 2.15. The molecule has 2 unspecified atom stereocenters. The Morgan fingerprint density at radius 2 is 0.529 bits per heavy atom. The summed E-state index contributed by atoms with van der Waals surface area (Å²) in [5.41, 5.74) is 28.3. The van der Waals surface area contributed by atoms with E-state index in [1.165, 1.54) is 0 Å². The van der Waals surface area contributed by atoms with Gasteiger partial charge in [-0.25, -0.2) is 8.78 Å². The Kier molecular flexibility index (Phi) is 18.3. The highest BCUT2D eigenvalue weighted by Crippen LogP contribution is 2.60. The van der Waals surface area contributed by atoms with Crippen LogP contribution >= 0.6 is 0 Å². The van der Waals surface area contributed by atoms with Gasteiger partial charge in [0.25, 0.3) is 0 Å². The largest absolute Gasteiger partial charge is 0.457 e. The maximum Gasteiger partial charge on any atom is 0.137 e. The van der Waals surface area contributed by atoms with E-state index < -0.39 is 10.8 Å². The minimum atomic E-state index is -0.914. The van der Waals surface area contributed by atoms with Crippen LogP contribution < -0.4 is 19.3 Å². The van der Waals surface area contributed by atoms with E-state index in [1.807, 2.05) is 121 Å². The second-order valence-corrected chi connectivity index (χ2v) is 31.0. The summed E-state index contributed by atoms with van der Waals surface area (Å²) in [6.07, 6.45) is 3.63. The first-order valence-electron chi connectivity index (χ1n) is 40.7. The van der Waals surface area contributed by atoms with Gasteiger partial charge in [0.15, 0.2) is 0 Å². The van der Waals surface area contributed by atoms with Crippen LogP contribution in [0.25, 0.3) is 101 Å². The Morgan fingerprint density at radius 3 is 0.893 bits per heavy atom. The molecule has 19 aromatic rings. The van der Waals surface area contributed by atoms with Crippen LogP contribution in [0.3, 0.4) is 0 Å². The van der Waals surface area contributed by atoms with Gasteiger partial charge in [0.05, 0.1) is 10.8 Å². The van der Waals surface area contributed by atoms with Gasteiger partial charge in [0, 0.05) is 57.0 Å². The van der Waals surface area contributed by atoms with Crippen molar-refractivity contribution in [3.63, 3.8) is 0 Å². The van der Waals surface area contributed by atoms with Gasteiger partial charge in [-0.2, -0.15) is 0 Å². The molecule has 7 heteroatoms. The lowest BCUT2D eigenvalue weighted by atomic mass is 9.67. The van der Waals surface area contributed by atoms with Gasteiger partial charge in [-0.15, -0.1) is 0 Å². The number of ether oxygens (including phenoxy) is 2. The van der Waals surface area contributed by atoms with Crippen molar-refractivity contribution in [2.24, 2.45) is 0 Å². The topological polar surface area (TPSA) is 38.1 Å². The van der Waals surface area contributed by atoms with E-state index in [9.17, 15) is 0 Å². The van der Waals surface area contributed by atoms with E-state index in [2.05, 4.69) is 314 Å². The number of hydrogen-bond donors (Lipinski definition) is 0. The van der Waals surface area contributed by atoms with Gasteiger partial charge in [-0.1, -0.05) is 280 Å². The van der Waals surface area contributed by atoms with Gasteiger partial charge < -0.3 is 23.7 Å². The average molecular weight is 1560 g/mol. The molecule has 1 heterocycles. The fourth-order valence-corrected chi connectivity index (χ4v) is 18.5. The zero-order valence-electron chi connectivity index (χ0n) is 65.9. The smallest absolute Gasteiger partial charge is 0.137 e. The molecule has 0 saturated carbocycles. The number of furan rings is 1. The van der Waals surface area contributed by atoms with Gasteiger partial charge in [-0.05, 0) is 280 Å². The number of benzene rings is 18. The highest BCUT2D eigenvalue weighted by molar-refractivity contribution is 6.08. The van der Waals surface area contributed by atoms with Gasteiger partial charge in [-0.3, -0.25) is 0 Å². The lowest BCUT2D eigenvalue weighted by Gasteiger charge is -2.35. The van der Waals surface area contributed by atoms with Crippen LogP contribution in [0, 0.1) is 11.6 Å². The molecule has 18 aromatic carbocycles. The summed E-state index contributed by atoms with van der Waals surface area (Å²) in [6, 6.07) is 146. The van der Waals surface area contributed by atoms with Crippen LogP contribution in [0.15, 0.2) is 442 Å². The van der Waals surface area contributed by atoms with Crippen molar-refractivity contribution in [3.05, 3.63) is 505 Å². The van der Waals surface area contributed by atoms with E-state index in [0.717, 1.165) is 167 Å². The lowest BCUT2D eigenvalue weighted by molar-refractivity contribution is 0.482. The maximum atomic E-state index is 15.5. The molecule has 5 nitrogen and oxygen atoms in total. The molecular weight excluding hydrogens is 1480 g/mol. The monoisotopic (exact) mass is 1560 g/mol. The number of halogens is 2. The highest BCUT2D eigenvalue weighted by Gasteiger charge is 2.48. The second kappa shape index (κ2) is 30.4. The van der Waals surface area contributed by atoms with Gasteiger partial charge in [0.2, 0.25) is 0 Å². The lowest BCUT2D eigenvalue weighted by Crippen LogP contribution is -2.28. The van der Waals surface area contributed by atoms with Crippen LogP contribution in [-0.2, 0) is 10.8 Å². The Morgan fingerprint density at radius 1 is 0.240 bits per heavy atom. The molecule has 21 rings (SSSR count). The molecule has 1 aromatic heterocycles. The van der Waals surface area contributed by atoms with E-state index >= 15 is 8.78 Å². The minimum Gasteiger partial charge on any atom is -0.457 e. The second-order valence-electron chi connectivity index (χ2n) is 31.0. The van der Waals surface area contributed by atoms with Crippen molar-refractivity contribution in [2.45, 2.75) is 10.8 Å². The molecular formula is C114H76F2N2O3. The number of fused-ring (bicyclic) bond motifs is 9. The molecule has 0 radical (unpaired) electrons. The van der Waals surface area contributed by atoms with Crippen molar-refractivity contribution in [1.29, 1.82) is 0 Å². The summed E-state index contributed by atoms with van der Waals surface area (Å²) in [7, 11) is 0. The molecule has 574 valence electrons. The molecule has 0 N–H and O–H groups in total. The summed E-state index contributed by atoms with van der Waals surface area (Å²) in [5, 5.41) is 1.91. The molecule has 0 fully saturated rings. The highest BCUT2D eigenvalue weighted by atomic mass is 19.1. The Balaban J connectivity index is 0.715. The Hall–Kier alpha value is -15.7. The maximum absolute atomic E-state index is 15.5. The molecule has 2 atom stereocenters. The van der Waals surface area contributed by atoms with E-state index in [4.69, 9.17) is 13.9 Å². The van der Waals surface area contributed by atoms with Crippen molar-refractivity contribution in [1.82, 2.24) is 0 Å². The molecule has 0 aliphatic heterocycles. The van der Waals surface area contributed by atoms with Crippen LogP contribution in [0.4, 0.5) is 42.9 Å². The van der Waals surface area contributed by atoms with E-state index in [1.54, 1.807) is 24.3 Å². The molecule has 2 aliphatic rings. The quantitative estimate of drug-likeness (QED) is 0.0760. The van der Waals surface area contributed by atoms with Crippen molar-refractivity contribution in [3.8, 4) is 89.8 Å². The summed E-state index contributed by atoms with van der Waals surface area (Å²) < 4.78 is 51.3. The van der Waals surface area contributed by atoms with E-state index in [0.29, 0.717) is 34.2 Å². The summed E-state index contributed by atoms with van der Waals surface area (Å²) in [6.45, 7) is 7.88. The molecule has 0 amide bonds. The fraction of sp³-hybridized carbons (Fsp3) is 0.0175.